The molecule has 0 saturated heterocycles. The second-order valence-corrected chi connectivity index (χ2v) is 5.54. The van der Waals surface area contributed by atoms with E-state index in [2.05, 4.69) is 29.5 Å². The Morgan fingerprint density at radius 1 is 1.19 bits per heavy atom. The van der Waals surface area contributed by atoms with Crippen LogP contribution in [0.3, 0.4) is 0 Å². The van der Waals surface area contributed by atoms with Gasteiger partial charge in [-0.05, 0) is 43.2 Å². The monoisotopic (exact) mass is 284 g/mol. The van der Waals surface area contributed by atoms with Crippen LogP contribution in [0.4, 0.5) is 5.88 Å². The lowest BCUT2D eigenvalue weighted by Crippen LogP contribution is -2.15. The molecule has 1 aromatic carbocycles. The zero-order valence-electron chi connectivity index (χ0n) is 12.3. The summed E-state index contributed by atoms with van der Waals surface area (Å²) in [5.74, 6) is 0.489. The van der Waals surface area contributed by atoms with E-state index in [0.29, 0.717) is 12.3 Å². The molecular formula is C17H20N2O2. The summed E-state index contributed by atoms with van der Waals surface area (Å²) in [6.45, 7) is 2.12. The van der Waals surface area contributed by atoms with Crippen molar-refractivity contribution in [3.8, 4) is 0 Å². The molecule has 110 valence electrons. The highest BCUT2D eigenvalue weighted by Gasteiger charge is 2.20. The molecular weight excluding hydrogens is 264 g/mol. The van der Waals surface area contributed by atoms with Gasteiger partial charge in [-0.25, -0.2) is 0 Å². The Morgan fingerprint density at radius 3 is 2.67 bits per heavy atom. The van der Waals surface area contributed by atoms with Crippen molar-refractivity contribution in [2.45, 2.75) is 45.4 Å². The van der Waals surface area contributed by atoms with E-state index in [9.17, 15) is 4.79 Å². The van der Waals surface area contributed by atoms with Crippen LogP contribution >= 0.6 is 0 Å². The average Bonchev–Trinajstić information content (AvgIpc) is 2.91. The number of carbonyl (C=O) groups is 1. The van der Waals surface area contributed by atoms with E-state index in [1.165, 1.54) is 5.56 Å². The first kappa shape index (κ1) is 13.9. The Hall–Kier alpha value is -2.10. The lowest BCUT2D eigenvalue weighted by atomic mass is 9.97. The van der Waals surface area contributed by atoms with Gasteiger partial charge in [0.25, 0.3) is 0 Å². The van der Waals surface area contributed by atoms with Gasteiger partial charge in [-0.1, -0.05) is 36.3 Å². The summed E-state index contributed by atoms with van der Waals surface area (Å²) in [4.78, 5) is 12.1. The minimum absolute atomic E-state index is 0.0521. The van der Waals surface area contributed by atoms with Crippen LogP contribution in [0.25, 0.3) is 0 Å². The summed E-state index contributed by atoms with van der Waals surface area (Å²) in [6, 6.07) is 8.15. The number of amides is 1. The fourth-order valence-electron chi connectivity index (χ4n) is 2.74. The smallest absolute Gasteiger partial charge is 0.234 e. The van der Waals surface area contributed by atoms with Gasteiger partial charge >= 0.3 is 0 Å². The number of nitrogens with one attached hydrogen (secondary N) is 1. The van der Waals surface area contributed by atoms with Gasteiger partial charge in [0.1, 0.15) is 0 Å². The Kier molecular flexibility index (Phi) is 4.04. The highest BCUT2D eigenvalue weighted by Crippen LogP contribution is 2.27. The number of hydrogen-bond donors (Lipinski definition) is 1. The van der Waals surface area contributed by atoms with Crippen molar-refractivity contribution in [1.29, 1.82) is 0 Å². The van der Waals surface area contributed by atoms with Crippen LogP contribution in [0.15, 0.2) is 28.8 Å². The second kappa shape index (κ2) is 6.12. The van der Waals surface area contributed by atoms with Crippen molar-refractivity contribution < 1.29 is 9.32 Å². The number of nitrogens with zero attached hydrogens (tertiary/aromatic N) is 1. The third-order valence-corrected chi connectivity index (χ3v) is 4.01. The summed E-state index contributed by atoms with van der Waals surface area (Å²) < 4.78 is 5.28. The maximum absolute atomic E-state index is 12.1. The molecule has 0 fully saturated rings. The maximum Gasteiger partial charge on any atom is 0.234 e. The number of fused-ring (bicyclic) bond motifs is 1. The quantitative estimate of drug-likeness (QED) is 0.937. The number of hydrogen-bond acceptors (Lipinski definition) is 3. The molecule has 0 radical (unpaired) electrons. The topological polar surface area (TPSA) is 55.1 Å². The SMILES string of the molecule is CCc1ccc(CC(=O)Nc2onc3c2CCCC3)cc1. The van der Waals surface area contributed by atoms with Crippen LogP contribution in [-0.2, 0) is 30.5 Å². The van der Waals surface area contributed by atoms with Gasteiger partial charge in [0, 0.05) is 5.56 Å². The predicted octanol–water partition coefficient (Wildman–Crippen LogP) is 3.30. The van der Waals surface area contributed by atoms with Gasteiger partial charge in [0.15, 0.2) is 0 Å². The van der Waals surface area contributed by atoms with Crippen LogP contribution in [-0.4, -0.2) is 11.1 Å². The van der Waals surface area contributed by atoms with Gasteiger partial charge in [0.05, 0.1) is 12.1 Å². The summed E-state index contributed by atoms with van der Waals surface area (Å²) in [6.07, 6.45) is 5.55. The van der Waals surface area contributed by atoms with Crippen molar-refractivity contribution >= 4 is 11.8 Å². The molecule has 4 heteroatoms. The third-order valence-electron chi connectivity index (χ3n) is 4.01. The fraction of sp³-hybridized carbons (Fsp3) is 0.412. The molecule has 1 aliphatic rings. The average molecular weight is 284 g/mol. The van der Waals surface area contributed by atoms with E-state index in [0.717, 1.165) is 48.9 Å². The third kappa shape index (κ3) is 3.15. The minimum atomic E-state index is -0.0521. The Morgan fingerprint density at radius 2 is 1.90 bits per heavy atom. The van der Waals surface area contributed by atoms with E-state index in [-0.39, 0.29) is 5.91 Å². The van der Waals surface area contributed by atoms with E-state index in [1.54, 1.807) is 0 Å². The molecule has 0 atom stereocenters. The van der Waals surface area contributed by atoms with Crippen molar-refractivity contribution in [3.05, 3.63) is 46.6 Å². The number of aryl methyl sites for hydroxylation is 2. The van der Waals surface area contributed by atoms with Gasteiger partial charge in [0.2, 0.25) is 11.8 Å². The molecule has 21 heavy (non-hydrogen) atoms. The van der Waals surface area contributed by atoms with Gasteiger partial charge in [-0.15, -0.1) is 0 Å². The van der Waals surface area contributed by atoms with E-state index in [1.807, 2.05) is 12.1 Å². The zero-order chi connectivity index (χ0) is 14.7. The van der Waals surface area contributed by atoms with Crippen LogP contribution in [0.2, 0.25) is 0 Å². The molecule has 2 aromatic rings. The molecule has 0 unspecified atom stereocenters. The second-order valence-electron chi connectivity index (χ2n) is 5.54. The van der Waals surface area contributed by atoms with E-state index < -0.39 is 0 Å². The number of carbonyl (C=O) groups excluding carboxylic acids is 1. The lowest BCUT2D eigenvalue weighted by Gasteiger charge is -2.09. The summed E-state index contributed by atoms with van der Waals surface area (Å²) in [5.41, 5.74) is 4.38. The Balaban J connectivity index is 1.64. The molecule has 1 N–H and O–H groups in total. The van der Waals surface area contributed by atoms with Gasteiger partial charge in [-0.2, -0.15) is 0 Å². The van der Waals surface area contributed by atoms with Crippen LogP contribution in [0, 0.1) is 0 Å². The maximum atomic E-state index is 12.1. The molecule has 0 spiro atoms. The number of aromatic nitrogens is 1. The van der Waals surface area contributed by atoms with Crippen molar-refractivity contribution in [1.82, 2.24) is 5.16 Å². The lowest BCUT2D eigenvalue weighted by molar-refractivity contribution is -0.115. The first-order chi connectivity index (χ1) is 10.3. The molecule has 0 bridgehead atoms. The molecule has 1 aliphatic carbocycles. The highest BCUT2D eigenvalue weighted by molar-refractivity contribution is 5.91. The van der Waals surface area contributed by atoms with Gasteiger partial charge < -0.3 is 4.52 Å². The Labute approximate surface area is 124 Å². The van der Waals surface area contributed by atoms with E-state index >= 15 is 0 Å². The van der Waals surface area contributed by atoms with Crippen molar-refractivity contribution in [2.24, 2.45) is 0 Å². The fourth-order valence-corrected chi connectivity index (χ4v) is 2.74. The van der Waals surface area contributed by atoms with Crippen molar-refractivity contribution in [2.75, 3.05) is 5.32 Å². The highest BCUT2D eigenvalue weighted by atomic mass is 16.5. The summed E-state index contributed by atoms with van der Waals surface area (Å²) in [5, 5.41) is 6.91. The van der Waals surface area contributed by atoms with Crippen molar-refractivity contribution in [3.63, 3.8) is 0 Å². The largest absolute Gasteiger partial charge is 0.338 e. The number of benzene rings is 1. The molecule has 4 nitrogen and oxygen atoms in total. The predicted molar refractivity (Wildman–Crippen MR) is 81.3 cm³/mol. The van der Waals surface area contributed by atoms with Crippen LogP contribution in [0.1, 0.15) is 42.1 Å². The normalized spacial score (nSPS) is 13.8. The summed E-state index contributed by atoms with van der Waals surface area (Å²) in [7, 11) is 0. The molecule has 1 heterocycles. The summed E-state index contributed by atoms with van der Waals surface area (Å²) >= 11 is 0. The number of anilines is 1. The Bertz CT molecular complexity index is 629. The molecule has 1 amide bonds. The molecule has 1 aromatic heterocycles. The van der Waals surface area contributed by atoms with Gasteiger partial charge in [-0.3, -0.25) is 10.1 Å². The minimum Gasteiger partial charge on any atom is -0.338 e. The molecule has 3 rings (SSSR count). The molecule has 0 saturated carbocycles. The zero-order valence-corrected chi connectivity index (χ0v) is 12.3. The first-order valence-electron chi connectivity index (χ1n) is 7.61. The van der Waals surface area contributed by atoms with E-state index in [4.69, 9.17) is 4.52 Å². The van der Waals surface area contributed by atoms with Crippen LogP contribution < -0.4 is 5.32 Å². The number of rotatable bonds is 4. The van der Waals surface area contributed by atoms with Crippen LogP contribution in [0.5, 0.6) is 0 Å². The standard InChI is InChI=1S/C17H20N2O2/c1-2-12-7-9-13(10-8-12)11-16(20)18-17-14-5-3-4-6-15(14)19-21-17/h7-10H,2-6,11H2,1H3,(H,18,20). The first-order valence-corrected chi connectivity index (χ1v) is 7.61. The molecule has 0 aliphatic heterocycles.